The van der Waals surface area contributed by atoms with E-state index >= 15 is 0 Å². The number of amides is 1. The van der Waals surface area contributed by atoms with Gasteiger partial charge in [0.25, 0.3) is 5.91 Å². The molecule has 9 heteroatoms. The Kier molecular flexibility index (Phi) is 5.37. The molecule has 0 aliphatic heterocycles. The van der Waals surface area contributed by atoms with Crippen molar-refractivity contribution in [3.8, 4) is 22.5 Å². The predicted octanol–water partition coefficient (Wildman–Crippen LogP) is 5.57. The molecule has 1 amide bonds. The summed E-state index contributed by atoms with van der Waals surface area (Å²) in [4.78, 5) is 19.4. The molecule has 3 heterocycles. The first-order valence-corrected chi connectivity index (χ1v) is 10.4. The van der Waals surface area contributed by atoms with Crippen LogP contribution in [-0.2, 0) is 12.7 Å². The average molecular weight is 461 g/mol. The van der Waals surface area contributed by atoms with Crippen molar-refractivity contribution >= 4 is 16.8 Å². The smallest absolute Gasteiger partial charge is 0.353 e. The summed E-state index contributed by atoms with van der Waals surface area (Å²) in [5.41, 5.74) is 4.35. The Morgan fingerprint density at radius 3 is 2.53 bits per heavy atom. The number of hydrogen-bond acceptors (Lipinski definition) is 3. The summed E-state index contributed by atoms with van der Waals surface area (Å²) in [5, 5.41) is 10.9. The van der Waals surface area contributed by atoms with Gasteiger partial charge in [0.2, 0.25) is 0 Å². The average Bonchev–Trinajstić information content (AvgIpc) is 3.49. The molecule has 0 bridgehead atoms. The van der Waals surface area contributed by atoms with Gasteiger partial charge in [-0.3, -0.25) is 14.9 Å². The van der Waals surface area contributed by atoms with Crippen molar-refractivity contribution in [1.29, 1.82) is 0 Å². The van der Waals surface area contributed by atoms with E-state index in [1.807, 2.05) is 42.5 Å². The van der Waals surface area contributed by atoms with Gasteiger partial charge < -0.3 is 10.3 Å². The number of H-pyrrole nitrogens is 2. The molecule has 34 heavy (non-hydrogen) atoms. The zero-order valence-corrected chi connectivity index (χ0v) is 17.6. The van der Waals surface area contributed by atoms with Crippen molar-refractivity contribution in [2.75, 3.05) is 0 Å². The highest BCUT2D eigenvalue weighted by Gasteiger charge is 2.32. The maximum absolute atomic E-state index is 12.6. The van der Waals surface area contributed by atoms with Gasteiger partial charge in [-0.05, 0) is 35.4 Å². The van der Waals surface area contributed by atoms with Crippen LogP contribution in [0.25, 0.3) is 33.4 Å². The fourth-order valence-electron chi connectivity index (χ4n) is 3.71. The Hall–Kier alpha value is -4.40. The number of benzene rings is 2. The first-order chi connectivity index (χ1) is 16.4. The zero-order valence-electron chi connectivity index (χ0n) is 17.6. The number of fused-ring (bicyclic) bond motifs is 1. The first-order valence-electron chi connectivity index (χ1n) is 10.4. The van der Waals surface area contributed by atoms with E-state index in [2.05, 4.69) is 25.5 Å². The van der Waals surface area contributed by atoms with Crippen LogP contribution < -0.4 is 5.32 Å². The van der Waals surface area contributed by atoms with Crippen molar-refractivity contribution in [2.45, 2.75) is 12.7 Å². The van der Waals surface area contributed by atoms with Gasteiger partial charge in [0.1, 0.15) is 5.69 Å². The summed E-state index contributed by atoms with van der Waals surface area (Å²) in [6.07, 6.45) is -1.62. The Morgan fingerprint density at radius 2 is 1.79 bits per heavy atom. The fourth-order valence-corrected chi connectivity index (χ4v) is 3.71. The van der Waals surface area contributed by atoms with E-state index in [1.54, 1.807) is 18.3 Å². The van der Waals surface area contributed by atoms with Crippen molar-refractivity contribution in [3.63, 3.8) is 0 Å². The number of pyridine rings is 1. The second-order valence-corrected chi connectivity index (χ2v) is 7.74. The van der Waals surface area contributed by atoms with Gasteiger partial charge in [-0.2, -0.15) is 18.3 Å². The fraction of sp³-hybridized carbons (Fsp3) is 0.0800. The quantitative estimate of drug-likeness (QED) is 0.320. The molecule has 0 fully saturated rings. The SMILES string of the molecule is O=C(NCc1ccc(C(F)(F)F)nc1)c1ccc2cc(-c3[nH]ncc3-c3ccccc3)[nH]c2c1. The molecule has 5 aromatic rings. The van der Waals surface area contributed by atoms with Crippen LogP contribution in [0.4, 0.5) is 13.2 Å². The number of hydrogen-bond donors (Lipinski definition) is 3. The molecule has 5 rings (SSSR count). The molecule has 3 aromatic heterocycles. The van der Waals surface area contributed by atoms with Gasteiger partial charge in [0, 0.05) is 34.8 Å². The molecule has 6 nitrogen and oxygen atoms in total. The number of nitrogens with one attached hydrogen (secondary N) is 3. The molecule has 0 aliphatic rings. The van der Waals surface area contributed by atoms with E-state index in [0.717, 1.165) is 45.7 Å². The highest BCUT2D eigenvalue weighted by Crippen LogP contribution is 2.32. The Balaban J connectivity index is 1.33. The van der Waals surface area contributed by atoms with Crippen LogP contribution in [0.15, 0.2) is 79.1 Å². The van der Waals surface area contributed by atoms with Gasteiger partial charge in [-0.1, -0.05) is 42.5 Å². The van der Waals surface area contributed by atoms with Crippen LogP contribution in [0.1, 0.15) is 21.6 Å². The molecule has 3 N–H and O–H groups in total. The number of nitrogens with zero attached hydrogens (tertiary/aromatic N) is 2. The second kappa shape index (κ2) is 8.51. The van der Waals surface area contributed by atoms with E-state index < -0.39 is 11.9 Å². The molecule has 0 saturated heterocycles. The lowest BCUT2D eigenvalue weighted by molar-refractivity contribution is -0.141. The van der Waals surface area contributed by atoms with Crippen molar-refractivity contribution in [3.05, 3.63) is 95.9 Å². The van der Waals surface area contributed by atoms with E-state index in [9.17, 15) is 18.0 Å². The van der Waals surface area contributed by atoms with Gasteiger partial charge in [0.15, 0.2) is 0 Å². The number of carbonyl (C=O) groups is 1. The Labute approximate surface area is 191 Å². The molecular weight excluding hydrogens is 443 g/mol. The predicted molar refractivity (Wildman–Crippen MR) is 122 cm³/mol. The standard InChI is InChI=1S/C25H18F3N5O/c26-25(27,28)22-9-6-15(12-29-22)13-30-24(34)18-8-7-17-10-21(32-20(17)11-18)23-19(14-31-33-23)16-4-2-1-3-5-16/h1-12,14,32H,13H2,(H,30,34)(H,31,33). The van der Waals surface area contributed by atoms with Crippen LogP contribution in [0, 0.1) is 0 Å². The number of aromatic amines is 2. The third-order valence-electron chi connectivity index (χ3n) is 5.45. The molecule has 0 atom stereocenters. The van der Waals surface area contributed by atoms with Gasteiger partial charge >= 0.3 is 6.18 Å². The zero-order chi connectivity index (χ0) is 23.7. The van der Waals surface area contributed by atoms with E-state index in [1.165, 1.54) is 6.07 Å². The highest BCUT2D eigenvalue weighted by atomic mass is 19.4. The summed E-state index contributed by atoms with van der Waals surface area (Å²) in [5.74, 6) is -0.343. The first kappa shape index (κ1) is 21.4. The molecule has 2 aromatic carbocycles. The van der Waals surface area contributed by atoms with Crippen molar-refractivity contribution in [1.82, 2.24) is 25.5 Å². The second-order valence-electron chi connectivity index (χ2n) is 7.74. The van der Waals surface area contributed by atoms with Crippen LogP contribution >= 0.6 is 0 Å². The number of alkyl halides is 3. The molecular formula is C25H18F3N5O. The van der Waals surface area contributed by atoms with Crippen molar-refractivity contribution < 1.29 is 18.0 Å². The lowest BCUT2D eigenvalue weighted by atomic mass is 10.1. The third-order valence-corrected chi connectivity index (χ3v) is 5.45. The third kappa shape index (κ3) is 4.27. The minimum atomic E-state index is -4.50. The topological polar surface area (TPSA) is 86.5 Å². The van der Waals surface area contributed by atoms with Crippen LogP contribution in [-0.4, -0.2) is 26.1 Å². The van der Waals surface area contributed by atoms with Crippen LogP contribution in [0.2, 0.25) is 0 Å². The normalized spacial score (nSPS) is 11.6. The van der Waals surface area contributed by atoms with Gasteiger partial charge in [0.05, 0.1) is 17.6 Å². The monoisotopic (exact) mass is 461 g/mol. The minimum Gasteiger partial charge on any atom is -0.353 e. The van der Waals surface area contributed by atoms with E-state index in [-0.39, 0.29) is 12.5 Å². The number of halogens is 3. The molecule has 0 saturated carbocycles. The molecule has 0 spiro atoms. The summed E-state index contributed by atoms with van der Waals surface area (Å²) in [6.45, 7) is 0.0621. The summed E-state index contributed by atoms with van der Waals surface area (Å²) in [6, 6.07) is 19.3. The van der Waals surface area contributed by atoms with E-state index in [4.69, 9.17) is 0 Å². The van der Waals surface area contributed by atoms with E-state index in [0.29, 0.717) is 11.1 Å². The molecule has 0 aliphatic carbocycles. The Morgan fingerprint density at radius 1 is 0.971 bits per heavy atom. The lowest BCUT2D eigenvalue weighted by Gasteiger charge is -2.08. The maximum atomic E-state index is 12.6. The molecule has 0 radical (unpaired) electrons. The Bertz CT molecular complexity index is 1450. The molecule has 170 valence electrons. The largest absolute Gasteiger partial charge is 0.433 e. The van der Waals surface area contributed by atoms with Gasteiger partial charge in [-0.25, -0.2) is 0 Å². The summed E-state index contributed by atoms with van der Waals surface area (Å²) >= 11 is 0. The lowest BCUT2D eigenvalue weighted by Crippen LogP contribution is -2.23. The summed E-state index contributed by atoms with van der Waals surface area (Å²) in [7, 11) is 0. The summed E-state index contributed by atoms with van der Waals surface area (Å²) < 4.78 is 37.9. The number of rotatable bonds is 5. The highest BCUT2D eigenvalue weighted by molar-refractivity contribution is 5.99. The van der Waals surface area contributed by atoms with Gasteiger partial charge in [-0.15, -0.1) is 0 Å². The van der Waals surface area contributed by atoms with Crippen molar-refractivity contribution in [2.24, 2.45) is 0 Å². The maximum Gasteiger partial charge on any atom is 0.433 e. The molecule has 0 unspecified atom stereocenters. The minimum absolute atomic E-state index is 0.0621. The number of aromatic nitrogens is 4. The van der Waals surface area contributed by atoms with Crippen LogP contribution in [0.3, 0.4) is 0 Å². The van der Waals surface area contributed by atoms with Crippen LogP contribution in [0.5, 0.6) is 0 Å². The number of carbonyl (C=O) groups excluding carboxylic acids is 1.